The Morgan fingerprint density at radius 2 is 2.00 bits per heavy atom. The monoisotopic (exact) mass is 143 g/mol. The van der Waals surface area contributed by atoms with Crippen LogP contribution in [0, 0.1) is 6.92 Å². The van der Waals surface area contributed by atoms with Gasteiger partial charge < -0.3 is 9.47 Å². The third-order valence-corrected chi connectivity index (χ3v) is 1.28. The molecule has 0 aliphatic rings. The summed E-state index contributed by atoms with van der Waals surface area (Å²) in [4.78, 5) is 0. The molecule has 0 atom stereocenters. The fourth-order valence-corrected chi connectivity index (χ4v) is 0.548. The van der Waals surface area contributed by atoms with Gasteiger partial charge in [-0.2, -0.15) is 0 Å². The summed E-state index contributed by atoms with van der Waals surface area (Å²) in [5.74, 6) is 0. The summed E-state index contributed by atoms with van der Waals surface area (Å²) in [6.45, 7) is 5.73. The molecule has 0 aromatic carbocycles. The van der Waals surface area contributed by atoms with E-state index in [0.29, 0.717) is 0 Å². The molecule has 0 aromatic heterocycles. The zero-order valence-electron chi connectivity index (χ0n) is 6.89. The second-order valence-electron chi connectivity index (χ2n) is 2.10. The SMILES string of the molecule is [CH2]CC(C)=CC(OC)OC. The predicted molar refractivity (Wildman–Crippen MR) is 41.5 cm³/mol. The van der Waals surface area contributed by atoms with Gasteiger partial charge in [-0.3, -0.25) is 0 Å². The first-order chi connectivity index (χ1) is 4.74. The van der Waals surface area contributed by atoms with Crippen molar-refractivity contribution in [2.24, 2.45) is 0 Å². The highest BCUT2D eigenvalue weighted by atomic mass is 16.7. The zero-order valence-corrected chi connectivity index (χ0v) is 6.89. The average Bonchev–Trinajstić information content (AvgIpc) is 1.99. The summed E-state index contributed by atoms with van der Waals surface area (Å²) in [6, 6.07) is 0. The lowest BCUT2D eigenvalue weighted by Crippen LogP contribution is -2.09. The molecule has 10 heavy (non-hydrogen) atoms. The molecule has 0 amide bonds. The predicted octanol–water partition coefficient (Wildman–Crippen LogP) is 1.78. The molecule has 0 fully saturated rings. The summed E-state index contributed by atoms with van der Waals surface area (Å²) < 4.78 is 9.89. The van der Waals surface area contributed by atoms with Crippen LogP contribution in [-0.4, -0.2) is 20.5 Å². The molecule has 0 spiro atoms. The van der Waals surface area contributed by atoms with Gasteiger partial charge in [0, 0.05) is 14.2 Å². The molecular weight excluding hydrogens is 128 g/mol. The Labute approximate surface area is 62.8 Å². The third-order valence-electron chi connectivity index (χ3n) is 1.28. The van der Waals surface area contributed by atoms with E-state index in [0.717, 1.165) is 6.42 Å². The molecule has 2 nitrogen and oxygen atoms in total. The summed E-state index contributed by atoms with van der Waals surface area (Å²) >= 11 is 0. The summed E-state index contributed by atoms with van der Waals surface area (Å²) in [5, 5.41) is 0. The molecule has 59 valence electrons. The van der Waals surface area contributed by atoms with Crippen LogP contribution in [-0.2, 0) is 9.47 Å². The fraction of sp³-hybridized carbons (Fsp3) is 0.625. The van der Waals surface area contributed by atoms with Crippen molar-refractivity contribution < 1.29 is 9.47 Å². The second-order valence-corrected chi connectivity index (χ2v) is 2.10. The molecule has 0 bridgehead atoms. The Bertz CT molecular complexity index is 104. The minimum Gasteiger partial charge on any atom is -0.352 e. The maximum Gasteiger partial charge on any atom is 0.176 e. The van der Waals surface area contributed by atoms with Gasteiger partial charge in [-0.15, -0.1) is 0 Å². The molecular formula is C8H15O2. The van der Waals surface area contributed by atoms with Gasteiger partial charge >= 0.3 is 0 Å². The van der Waals surface area contributed by atoms with Gasteiger partial charge in [0.2, 0.25) is 0 Å². The van der Waals surface area contributed by atoms with Gasteiger partial charge in [-0.1, -0.05) is 5.57 Å². The highest BCUT2D eigenvalue weighted by Gasteiger charge is 1.98. The fourth-order valence-electron chi connectivity index (χ4n) is 0.548. The number of rotatable bonds is 4. The van der Waals surface area contributed by atoms with E-state index in [2.05, 4.69) is 6.92 Å². The highest BCUT2D eigenvalue weighted by Crippen LogP contribution is 2.02. The van der Waals surface area contributed by atoms with E-state index in [-0.39, 0.29) is 6.29 Å². The lowest BCUT2D eigenvalue weighted by molar-refractivity contribution is -0.0671. The van der Waals surface area contributed by atoms with Crippen LogP contribution in [0.2, 0.25) is 0 Å². The number of hydrogen-bond donors (Lipinski definition) is 0. The van der Waals surface area contributed by atoms with Crippen LogP contribution in [0.3, 0.4) is 0 Å². The van der Waals surface area contributed by atoms with Gasteiger partial charge in [0.25, 0.3) is 0 Å². The van der Waals surface area contributed by atoms with Gasteiger partial charge in [-0.05, 0) is 26.3 Å². The van der Waals surface area contributed by atoms with Crippen LogP contribution in [0.15, 0.2) is 11.6 Å². The average molecular weight is 143 g/mol. The maximum absolute atomic E-state index is 4.95. The van der Waals surface area contributed by atoms with E-state index in [9.17, 15) is 0 Å². The summed E-state index contributed by atoms with van der Waals surface area (Å²) in [7, 11) is 3.22. The first-order valence-corrected chi connectivity index (χ1v) is 3.26. The first kappa shape index (κ1) is 9.66. The molecule has 0 aliphatic carbocycles. The van der Waals surface area contributed by atoms with Gasteiger partial charge in [0.1, 0.15) is 0 Å². The quantitative estimate of drug-likeness (QED) is 0.441. The highest BCUT2D eigenvalue weighted by molar-refractivity contribution is 5.00. The smallest absolute Gasteiger partial charge is 0.176 e. The molecule has 0 heterocycles. The van der Waals surface area contributed by atoms with Crippen LogP contribution in [0.4, 0.5) is 0 Å². The van der Waals surface area contributed by atoms with Crippen LogP contribution in [0.25, 0.3) is 0 Å². The minimum atomic E-state index is -0.221. The number of ether oxygens (including phenoxy) is 2. The van der Waals surface area contributed by atoms with E-state index in [1.165, 1.54) is 5.57 Å². The lowest BCUT2D eigenvalue weighted by atomic mass is 10.2. The summed E-state index contributed by atoms with van der Waals surface area (Å²) in [5.41, 5.74) is 1.17. The van der Waals surface area contributed by atoms with E-state index in [1.54, 1.807) is 14.2 Å². The zero-order chi connectivity index (χ0) is 7.98. The van der Waals surface area contributed by atoms with E-state index < -0.39 is 0 Å². The minimum absolute atomic E-state index is 0.221. The topological polar surface area (TPSA) is 18.5 Å². The molecule has 0 rings (SSSR count). The Kier molecular flexibility index (Phi) is 5.26. The lowest BCUT2D eigenvalue weighted by Gasteiger charge is -2.08. The summed E-state index contributed by atoms with van der Waals surface area (Å²) in [6.07, 6.45) is 2.48. The maximum atomic E-state index is 4.95. The standard InChI is InChI=1S/C8H15O2/c1-5-7(2)6-8(9-3)10-4/h6,8H,1,5H2,2-4H3. The largest absolute Gasteiger partial charge is 0.352 e. The molecule has 0 aromatic rings. The number of methoxy groups -OCH3 is 2. The van der Waals surface area contributed by atoms with E-state index in [1.807, 2.05) is 13.0 Å². The number of hydrogen-bond acceptors (Lipinski definition) is 2. The Balaban J connectivity index is 3.80. The molecule has 0 N–H and O–H groups in total. The van der Waals surface area contributed by atoms with Crippen molar-refractivity contribution in [3.63, 3.8) is 0 Å². The number of allylic oxidation sites excluding steroid dienone is 1. The van der Waals surface area contributed by atoms with Gasteiger partial charge in [0.05, 0.1) is 0 Å². The van der Waals surface area contributed by atoms with Crippen molar-refractivity contribution in [3.05, 3.63) is 18.6 Å². The van der Waals surface area contributed by atoms with Crippen molar-refractivity contribution in [2.45, 2.75) is 19.6 Å². The molecule has 0 aliphatic heterocycles. The Morgan fingerprint density at radius 1 is 1.50 bits per heavy atom. The van der Waals surface area contributed by atoms with Crippen LogP contribution >= 0.6 is 0 Å². The van der Waals surface area contributed by atoms with Crippen LogP contribution in [0.5, 0.6) is 0 Å². The third kappa shape index (κ3) is 3.64. The Morgan fingerprint density at radius 3 is 2.30 bits per heavy atom. The van der Waals surface area contributed by atoms with Crippen molar-refractivity contribution in [3.8, 4) is 0 Å². The van der Waals surface area contributed by atoms with Crippen molar-refractivity contribution >= 4 is 0 Å². The van der Waals surface area contributed by atoms with Crippen LogP contribution in [0.1, 0.15) is 13.3 Å². The van der Waals surface area contributed by atoms with E-state index >= 15 is 0 Å². The molecule has 2 heteroatoms. The molecule has 0 unspecified atom stereocenters. The molecule has 0 saturated heterocycles. The first-order valence-electron chi connectivity index (χ1n) is 3.26. The Hall–Kier alpha value is -0.340. The van der Waals surface area contributed by atoms with Crippen molar-refractivity contribution in [1.29, 1.82) is 0 Å². The van der Waals surface area contributed by atoms with Gasteiger partial charge in [0.15, 0.2) is 6.29 Å². The molecule has 1 radical (unpaired) electrons. The van der Waals surface area contributed by atoms with E-state index in [4.69, 9.17) is 9.47 Å². The van der Waals surface area contributed by atoms with Gasteiger partial charge in [-0.25, -0.2) is 0 Å². The van der Waals surface area contributed by atoms with Crippen LogP contribution < -0.4 is 0 Å². The van der Waals surface area contributed by atoms with Crippen molar-refractivity contribution in [2.75, 3.05) is 14.2 Å². The normalized spacial score (nSPS) is 12.7. The second kappa shape index (κ2) is 5.45. The molecule has 0 saturated carbocycles. The van der Waals surface area contributed by atoms with Crippen molar-refractivity contribution in [1.82, 2.24) is 0 Å².